The number of halogens is 3. The van der Waals surface area contributed by atoms with Gasteiger partial charge in [0.15, 0.2) is 5.75 Å². The monoisotopic (exact) mass is 315 g/mol. The lowest BCUT2D eigenvalue weighted by Crippen LogP contribution is -2.13. The first-order chi connectivity index (χ1) is 9.81. The van der Waals surface area contributed by atoms with E-state index in [9.17, 15) is 13.2 Å². The van der Waals surface area contributed by atoms with Gasteiger partial charge in [0, 0.05) is 6.54 Å². The van der Waals surface area contributed by atoms with Crippen LogP contribution in [-0.2, 0) is 12.7 Å². The number of benzene rings is 1. The molecule has 0 fully saturated rings. The number of ether oxygens (including phenoxy) is 1. The molecule has 0 aliphatic carbocycles. The summed E-state index contributed by atoms with van der Waals surface area (Å²) in [5.41, 5.74) is 4.68. The van der Waals surface area contributed by atoms with Crippen molar-refractivity contribution in [3.05, 3.63) is 41.7 Å². The van der Waals surface area contributed by atoms with Crippen LogP contribution in [0.25, 0.3) is 0 Å². The Balaban J connectivity index is 2.36. The van der Waals surface area contributed by atoms with Crippen molar-refractivity contribution in [1.29, 1.82) is 0 Å². The van der Waals surface area contributed by atoms with Gasteiger partial charge in [0.05, 0.1) is 23.5 Å². The van der Waals surface area contributed by atoms with E-state index >= 15 is 0 Å². The Bertz CT molecular complexity index is 667. The first-order valence-corrected chi connectivity index (χ1v) is 6.43. The van der Waals surface area contributed by atoms with Gasteiger partial charge in [0.1, 0.15) is 10.7 Å². The van der Waals surface area contributed by atoms with E-state index in [2.05, 4.69) is 5.10 Å². The highest BCUT2D eigenvalue weighted by molar-refractivity contribution is 7.80. The van der Waals surface area contributed by atoms with Crippen LogP contribution in [-0.4, -0.2) is 14.8 Å². The Hall–Kier alpha value is -2.09. The van der Waals surface area contributed by atoms with Gasteiger partial charge in [0.25, 0.3) is 0 Å². The van der Waals surface area contributed by atoms with Crippen LogP contribution < -0.4 is 10.5 Å². The highest BCUT2D eigenvalue weighted by Crippen LogP contribution is 2.34. The van der Waals surface area contributed by atoms with Gasteiger partial charge in [-0.25, -0.2) is 0 Å². The van der Waals surface area contributed by atoms with Gasteiger partial charge in [-0.15, -0.1) is 0 Å². The molecule has 1 aromatic heterocycles. The molecular weight excluding hydrogens is 303 g/mol. The average Bonchev–Trinajstić information content (AvgIpc) is 2.85. The zero-order valence-electron chi connectivity index (χ0n) is 11.0. The van der Waals surface area contributed by atoms with Gasteiger partial charge >= 0.3 is 6.18 Å². The van der Waals surface area contributed by atoms with E-state index in [4.69, 9.17) is 22.7 Å². The van der Waals surface area contributed by atoms with Crippen molar-refractivity contribution in [2.75, 3.05) is 0 Å². The number of aryl methyl sites for hydroxylation is 1. The van der Waals surface area contributed by atoms with Gasteiger partial charge in [-0.3, -0.25) is 4.68 Å². The number of hydrogen-bond acceptors (Lipinski definition) is 3. The SMILES string of the molecule is CCn1cc(Oc2ccc(C(F)(F)F)cc2C(N)=S)cn1. The fourth-order valence-corrected chi connectivity index (χ4v) is 1.84. The van der Waals surface area contributed by atoms with Crippen molar-refractivity contribution >= 4 is 17.2 Å². The molecule has 21 heavy (non-hydrogen) atoms. The molecular formula is C13H12F3N3OS. The summed E-state index contributed by atoms with van der Waals surface area (Å²) in [5.74, 6) is 0.556. The minimum Gasteiger partial charge on any atom is -0.453 e. The van der Waals surface area contributed by atoms with Gasteiger partial charge in [-0.2, -0.15) is 18.3 Å². The van der Waals surface area contributed by atoms with Crippen molar-refractivity contribution in [2.45, 2.75) is 19.6 Å². The topological polar surface area (TPSA) is 53.1 Å². The number of alkyl halides is 3. The standard InChI is InChI=1S/C13H12F3N3OS/c1-2-19-7-9(6-18-19)20-11-4-3-8(13(14,15)16)5-10(11)12(17)21/h3-7H,2H2,1H3,(H2,17,21). The predicted octanol–water partition coefficient (Wildman–Crippen LogP) is 3.35. The third-order valence-electron chi connectivity index (χ3n) is 2.73. The molecule has 1 aromatic carbocycles. The molecule has 112 valence electrons. The van der Waals surface area contributed by atoms with E-state index in [0.717, 1.165) is 12.1 Å². The molecule has 2 N–H and O–H groups in total. The lowest BCUT2D eigenvalue weighted by atomic mass is 10.1. The Labute approximate surface area is 124 Å². The quantitative estimate of drug-likeness (QED) is 0.879. The number of nitrogens with zero attached hydrogens (tertiary/aromatic N) is 2. The maximum atomic E-state index is 12.7. The minimum atomic E-state index is -4.47. The first-order valence-electron chi connectivity index (χ1n) is 6.02. The molecule has 0 saturated carbocycles. The summed E-state index contributed by atoms with van der Waals surface area (Å²) in [5, 5.41) is 4.01. The van der Waals surface area contributed by atoms with E-state index < -0.39 is 11.7 Å². The van der Waals surface area contributed by atoms with Crippen molar-refractivity contribution in [2.24, 2.45) is 5.73 Å². The first kappa shape index (κ1) is 15.3. The van der Waals surface area contributed by atoms with Crippen molar-refractivity contribution in [1.82, 2.24) is 9.78 Å². The number of rotatable bonds is 4. The average molecular weight is 315 g/mol. The molecule has 0 aliphatic rings. The second-order valence-corrected chi connectivity index (χ2v) is 4.65. The second-order valence-electron chi connectivity index (χ2n) is 4.21. The van der Waals surface area contributed by atoms with E-state index in [-0.39, 0.29) is 16.3 Å². The lowest BCUT2D eigenvalue weighted by molar-refractivity contribution is -0.137. The number of aromatic nitrogens is 2. The maximum absolute atomic E-state index is 12.7. The molecule has 0 aliphatic heterocycles. The predicted molar refractivity (Wildman–Crippen MR) is 75.3 cm³/mol. The highest BCUT2D eigenvalue weighted by atomic mass is 32.1. The van der Waals surface area contributed by atoms with Crippen LogP contribution in [0, 0.1) is 0 Å². The molecule has 0 atom stereocenters. The maximum Gasteiger partial charge on any atom is 0.416 e. The molecule has 1 heterocycles. The number of nitrogens with two attached hydrogens (primary N) is 1. The summed E-state index contributed by atoms with van der Waals surface area (Å²) in [4.78, 5) is -0.168. The van der Waals surface area contributed by atoms with Crippen molar-refractivity contribution in [3.8, 4) is 11.5 Å². The number of hydrogen-bond donors (Lipinski definition) is 1. The summed E-state index contributed by atoms with van der Waals surface area (Å²) >= 11 is 4.79. The summed E-state index contributed by atoms with van der Waals surface area (Å²) < 4.78 is 45.2. The Kier molecular flexibility index (Phi) is 4.17. The van der Waals surface area contributed by atoms with Gasteiger partial charge < -0.3 is 10.5 Å². The molecule has 0 bridgehead atoms. The van der Waals surface area contributed by atoms with Gasteiger partial charge in [0.2, 0.25) is 0 Å². The Morgan fingerprint density at radius 3 is 2.67 bits per heavy atom. The molecule has 8 heteroatoms. The lowest BCUT2D eigenvalue weighted by Gasteiger charge is -2.12. The number of thiocarbonyl (C=S) groups is 1. The van der Waals surface area contributed by atoms with Crippen LogP contribution in [0.2, 0.25) is 0 Å². The third-order valence-corrected chi connectivity index (χ3v) is 2.95. The van der Waals surface area contributed by atoms with Crippen LogP contribution in [0.15, 0.2) is 30.6 Å². The summed E-state index contributed by atoms with van der Waals surface area (Å²) in [6.07, 6.45) is -1.38. The van der Waals surface area contributed by atoms with Crippen LogP contribution in [0.1, 0.15) is 18.1 Å². The van der Waals surface area contributed by atoms with E-state index in [1.165, 1.54) is 12.3 Å². The largest absolute Gasteiger partial charge is 0.453 e. The Morgan fingerprint density at radius 1 is 1.43 bits per heavy atom. The van der Waals surface area contributed by atoms with E-state index in [0.29, 0.717) is 12.3 Å². The van der Waals surface area contributed by atoms with Gasteiger partial charge in [-0.1, -0.05) is 12.2 Å². The molecule has 4 nitrogen and oxygen atoms in total. The third kappa shape index (κ3) is 3.52. The minimum absolute atomic E-state index is 0.0315. The molecule has 2 aromatic rings. The summed E-state index contributed by atoms with van der Waals surface area (Å²) in [6.45, 7) is 2.55. The molecule has 0 spiro atoms. The molecule has 2 rings (SSSR count). The Morgan fingerprint density at radius 2 is 2.14 bits per heavy atom. The van der Waals surface area contributed by atoms with E-state index in [1.54, 1.807) is 10.9 Å². The fourth-order valence-electron chi connectivity index (χ4n) is 1.69. The van der Waals surface area contributed by atoms with Crippen LogP contribution >= 0.6 is 12.2 Å². The zero-order valence-corrected chi connectivity index (χ0v) is 11.8. The van der Waals surface area contributed by atoms with E-state index in [1.807, 2.05) is 6.92 Å². The zero-order chi connectivity index (χ0) is 15.6. The molecule has 0 radical (unpaired) electrons. The second kappa shape index (κ2) is 5.72. The smallest absolute Gasteiger partial charge is 0.416 e. The molecule has 0 saturated heterocycles. The normalized spacial score (nSPS) is 11.4. The van der Waals surface area contributed by atoms with Crippen LogP contribution in [0.5, 0.6) is 11.5 Å². The van der Waals surface area contributed by atoms with Crippen molar-refractivity contribution in [3.63, 3.8) is 0 Å². The van der Waals surface area contributed by atoms with Crippen LogP contribution in [0.3, 0.4) is 0 Å². The van der Waals surface area contributed by atoms with Gasteiger partial charge in [-0.05, 0) is 25.1 Å². The fraction of sp³-hybridized carbons (Fsp3) is 0.231. The van der Waals surface area contributed by atoms with Crippen molar-refractivity contribution < 1.29 is 17.9 Å². The van der Waals surface area contributed by atoms with Crippen LogP contribution in [0.4, 0.5) is 13.2 Å². The highest BCUT2D eigenvalue weighted by Gasteiger charge is 2.31. The summed E-state index contributed by atoms with van der Waals surface area (Å²) in [6, 6.07) is 2.99. The molecule has 0 amide bonds. The molecule has 0 unspecified atom stereocenters. The summed E-state index contributed by atoms with van der Waals surface area (Å²) in [7, 11) is 0.